The molecule has 1 aromatic heterocycles. The average molecular weight is 242 g/mol. The van der Waals surface area contributed by atoms with Gasteiger partial charge in [0.1, 0.15) is 5.69 Å². The van der Waals surface area contributed by atoms with Crippen molar-refractivity contribution in [2.24, 2.45) is 0 Å². The Hall–Kier alpha value is -1.53. The molecule has 1 aliphatic carbocycles. The highest BCUT2D eigenvalue weighted by Gasteiger charge is 2.27. The van der Waals surface area contributed by atoms with Gasteiger partial charge in [-0.05, 0) is 50.1 Å². The number of methoxy groups -OCH3 is 1. The lowest BCUT2D eigenvalue weighted by molar-refractivity contribution is 0.392. The van der Waals surface area contributed by atoms with Crippen LogP contribution in [-0.2, 0) is 0 Å². The van der Waals surface area contributed by atoms with Crippen LogP contribution in [0.5, 0.6) is 5.88 Å². The molecule has 1 saturated carbocycles. The quantitative estimate of drug-likeness (QED) is 0.806. The van der Waals surface area contributed by atoms with E-state index in [4.69, 9.17) is 4.74 Å². The topological polar surface area (TPSA) is 34.1 Å². The molecule has 0 amide bonds. The summed E-state index contributed by atoms with van der Waals surface area (Å²) in [6.45, 7) is 1.08. The maximum atomic E-state index is 5.36. The Morgan fingerprint density at radius 3 is 2.89 bits per heavy atom. The molecule has 3 heteroatoms. The van der Waals surface area contributed by atoms with Crippen molar-refractivity contribution < 1.29 is 4.74 Å². The van der Waals surface area contributed by atoms with Gasteiger partial charge in [-0.1, -0.05) is 12.0 Å². The standard InChI is InChI=1S/C15H18N2O/c1-18-15-14(11-4-5-11)9-8-13(17-15)7-6-12-3-2-10-16-12/h8-9,11-12,16H,2-5,10H2,1H3/t12-/m1/s1. The summed E-state index contributed by atoms with van der Waals surface area (Å²) >= 11 is 0. The van der Waals surface area contributed by atoms with Gasteiger partial charge in [-0.3, -0.25) is 0 Å². The van der Waals surface area contributed by atoms with Crippen molar-refractivity contribution in [2.45, 2.75) is 37.6 Å². The van der Waals surface area contributed by atoms with Gasteiger partial charge in [-0.25, -0.2) is 4.98 Å². The molecule has 3 nitrogen and oxygen atoms in total. The van der Waals surface area contributed by atoms with Crippen LogP contribution in [0.4, 0.5) is 0 Å². The van der Waals surface area contributed by atoms with Crippen molar-refractivity contribution >= 4 is 0 Å². The average Bonchev–Trinajstić information content (AvgIpc) is 3.12. The molecule has 0 bridgehead atoms. The fraction of sp³-hybridized carbons (Fsp3) is 0.533. The predicted octanol–water partition coefficient (Wildman–Crippen LogP) is 2.07. The second-order valence-electron chi connectivity index (χ2n) is 4.99. The minimum atomic E-state index is 0.334. The smallest absolute Gasteiger partial charge is 0.217 e. The molecule has 0 aromatic carbocycles. The monoisotopic (exact) mass is 242 g/mol. The van der Waals surface area contributed by atoms with Gasteiger partial charge in [0.25, 0.3) is 0 Å². The van der Waals surface area contributed by atoms with Crippen molar-refractivity contribution in [1.82, 2.24) is 10.3 Å². The third-order valence-corrected chi connectivity index (χ3v) is 3.54. The minimum absolute atomic E-state index is 0.334. The molecule has 1 aliphatic heterocycles. The largest absolute Gasteiger partial charge is 0.481 e. The summed E-state index contributed by atoms with van der Waals surface area (Å²) in [7, 11) is 1.68. The first kappa shape index (κ1) is 11.6. The highest BCUT2D eigenvalue weighted by molar-refractivity contribution is 5.39. The van der Waals surface area contributed by atoms with Gasteiger partial charge >= 0.3 is 0 Å². The second-order valence-corrected chi connectivity index (χ2v) is 4.99. The van der Waals surface area contributed by atoms with Gasteiger partial charge < -0.3 is 10.1 Å². The van der Waals surface area contributed by atoms with Crippen LogP contribution in [0.15, 0.2) is 12.1 Å². The van der Waals surface area contributed by atoms with Gasteiger partial charge in [-0.2, -0.15) is 0 Å². The molecule has 0 unspecified atom stereocenters. The summed E-state index contributed by atoms with van der Waals surface area (Å²) in [5.41, 5.74) is 2.05. The third-order valence-electron chi connectivity index (χ3n) is 3.54. The molecule has 2 fully saturated rings. The molecular formula is C15H18N2O. The summed E-state index contributed by atoms with van der Waals surface area (Å²) in [6.07, 6.45) is 4.88. The van der Waals surface area contributed by atoms with E-state index in [9.17, 15) is 0 Å². The fourth-order valence-electron chi connectivity index (χ4n) is 2.36. The Morgan fingerprint density at radius 1 is 1.33 bits per heavy atom. The van der Waals surface area contributed by atoms with Crippen LogP contribution in [0.25, 0.3) is 0 Å². The first-order chi connectivity index (χ1) is 8.86. The molecule has 2 heterocycles. The molecule has 3 rings (SSSR count). The lowest BCUT2D eigenvalue weighted by Crippen LogP contribution is -2.18. The summed E-state index contributed by atoms with van der Waals surface area (Å²) in [4.78, 5) is 4.49. The number of hydrogen-bond donors (Lipinski definition) is 1. The number of pyridine rings is 1. The fourth-order valence-corrected chi connectivity index (χ4v) is 2.36. The molecule has 1 N–H and O–H groups in total. The van der Waals surface area contributed by atoms with Crippen LogP contribution in [0.1, 0.15) is 42.9 Å². The van der Waals surface area contributed by atoms with Crippen LogP contribution in [0.2, 0.25) is 0 Å². The molecular weight excluding hydrogens is 224 g/mol. The highest BCUT2D eigenvalue weighted by atomic mass is 16.5. The van der Waals surface area contributed by atoms with E-state index in [2.05, 4.69) is 28.2 Å². The lowest BCUT2D eigenvalue weighted by Gasteiger charge is -2.06. The predicted molar refractivity (Wildman–Crippen MR) is 70.7 cm³/mol. The normalized spacial score (nSPS) is 22.4. The van der Waals surface area contributed by atoms with Crippen molar-refractivity contribution in [1.29, 1.82) is 0 Å². The summed E-state index contributed by atoms with van der Waals surface area (Å²) < 4.78 is 5.36. The molecule has 1 saturated heterocycles. The summed E-state index contributed by atoms with van der Waals surface area (Å²) in [5.74, 6) is 7.79. The second kappa shape index (κ2) is 4.99. The number of nitrogens with zero attached hydrogens (tertiary/aromatic N) is 1. The molecule has 94 valence electrons. The zero-order valence-corrected chi connectivity index (χ0v) is 10.7. The number of rotatable bonds is 2. The maximum absolute atomic E-state index is 5.36. The minimum Gasteiger partial charge on any atom is -0.481 e. The van der Waals surface area contributed by atoms with Gasteiger partial charge in [0, 0.05) is 5.56 Å². The molecule has 1 aromatic rings. The first-order valence-electron chi connectivity index (χ1n) is 6.66. The van der Waals surface area contributed by atoms with E-state index in [1.165, 1.54) is 24.8 Å². The van der Waals surface area contributed by atoms with Gasteiger partial charge in [-0.15, -0.1) is 0 Å². The van der Waals surface area contributed by atoms with Crippen LogP contribution >= 0.6 is 0 Å². The lowest BCUT2D eigenvalue weighted by atomic mass is 10.1. The highest BCUT2D eigenvalue weighted by Crippen LogP contribution is 2.43. The van der Waals surface area contributed by atoms with Crippen LogP contribution in [-0.4, -0.2) is 24.7 Å². The van der Waals surface area contributed by atoms with E-state index < -0.39 is 0 Å². The van der Waals surface area contributed by atoms with Crippen LogP contribution in [0, 0.1) is 11.8 Å². The number of ether oxygens (including phenoxy) is 1. The first-order valence-corrected chi connectivity index (χ1v) is 6.66. The maximum Gasteiger partial charge on any atom is 0.217 e. The van der Waals surface area contributed by atoms with E-state index in [0.29, 0.717) is 12.0 Å². The van der Waals surface area contributed by atoms with Crippen molar-refractivity contribution in [3.05, 3.63) is 23.4 Å². The molecule has 2 aliphatic rings. The zero-order chi connectivity index (χ0) is 12.4. The van der Waals surface area contributed by atoms with Gasteiger partial charge in [0.15, 0.2) is 0 Å². The van der Waals surface area contributed by atoms with Crippen molar-refractivity contribution in [2.75, 3.05) is 13.7 Å². The van der Waals surface area contributed by atoms with E-state index in [-0.39, 0.29) is 0 Å². The van der Waals surface area contributed by atoms with Gasteiger partial charge in [0.05, 0.1) is 13.2 Å². The van der Waals surface area contributed by atoms with E-state index in [1.807, 2.05) is 6.07 Å². The van der Waals surface area contributed by atoms with E-state index >= 15 is 0 Å². The third kappa shape index (κ3) is 2.49. The SMILES string of the molecule is COc1nc(C#C[C@H]2CCCN2)ccc1C1CC1. The Bertz CT molecular complexity index is 491. The summed E-state index contributed by atoms with van der Waals surface area (Å²) in [5, 5.41) is 3.36. The summed E-state index contributed by atoms with van der Waals surface area (Å²) in [6, 6.07) is 4.47. The molecule has 18 heavy (non-hydrogen) atoms. The Labute approximate surface area is 108 Å². The van der Waals surface area contributed by atoms with E-state index in [0.717, 1.165) is 24.5 Å². The van der Waals surface area contributed by atoms with Crippen LogP contribution < -0.4 is 10.1 Å². The Morgan fingerprint density at radius 2 is 2.22 bits per heavy atom. The Kier molecular flexibility index (Phi) is 3.21. The molecule has 0 spiro atoms. The molecule has 1 atom stereocenters. The van der Waals surface area contributed by atoms with Gasteiger partial charge in [0.2, 0.25) is 5.88 Å². The number of nitrogens with one attached hydrogen (secondary N) is 1. The number of hydrogen-bond acceptors (Lipinski definition) is 3. The van der Waals surface area contributed by atoms with Crippen molar-refractivity contribution in [3.63, 3.8) is 0 Å². The zero-order valence-electron chi connectivity index (χ0n) is 10.7. The van der Waals surface area contributed by atoms with E-state index in [1.54, 1.807) is 7.11 Å². The Balaban J connectivity index is 1.79. The number of aromatic nitrogens is 1. The molecule has 0 radical (unpaired) electrons. The van der Waals surface area contributed by atoms with Crippen LogP contribution in [0.3, 0.4) is 0 Å². The van der Waals surface area contributed by atoms with Crippen molar-refractivity contribution in [3.8, 4) is 17.7 Å².